The molecule has 2 heteroatoms. The smallest absolute Gasteiger partial charge is 0.0712 e. The third-order valence-corrected chi connectivity index (χ3v) is 6.63. The van der Waals surface area contributed by atoms with Crippen molar-refractivity contribution in [3.63, 3.8) is 0 Å². The molecule has 2 nitrogen and oxygen atoms in total. The summed E-state index contributed by atoms with van der Waals surface area (Å²) in [5.74, 6) is 0. The second kappa shape index (κ2) is 11.1. The maximum atomic E-state index is 4.85. The third-order valence-electron chi connectivity index (χ3n) is 6.63. The molecule has 35 heavy (non-hydrogen) atoms. The standard InChI is InChI=1S/C33H32N2/c1-25-20-31(32-22-28-17-9-10-18-30(28)24-34-32)23-33(35-25)29-19-11-16-27(21-29)15-6-3-2-5-12-26-13-7-4-8-14-26/h4,7-11,13-14,16-24H,2-3,5-6,12,15H2,1H3. The Morgan fingerprint density at radius 3 is 2.09 bits per heavy atom. The van der Waals surface area contributed by atoms with Crippen molar-refractivity contribution in [2.24, 2.45) is 0 Å². The minimum Gasteiger partial charge on any atom is -0.256 e. The van der Waals surface area contributed by atoms with Gasteiger partial charge in [0.15, 0.2) is 0 Å². The predicted molar refractivity (Wildman–Crippen MR) is 147 cm³/mol. The lowest BCUT2D eigenvalue weighted by atomic mass is 10.00. The van der Waals surface area contributed by atoms with Crippen molar-refractivity contribution in [2.75, 3.05) is 0 Å². The van der Waals surface area contributed by atoms with E-state index < -0.39 is 0 Å². The zero-order valence-electron chi connectivity index (χ0n) is 20.5. The highest BCUT2D eigenvalue weighted by molar-refractivity contribution is 5.85. The first-order valence-corrected chi connectivity index (χ1v) is 12.7. The largest absolute Gasteiger partial charge is 0.256 e. The Hall–Kier alpha value is -3.78. The summed E-state index contributed by atoms with van der Waals surface area (Å²) in [6, 6.07) is 34.5. The van der Waals surface area contributed by atoms with E-state index in [2.05, 4.69) is 104 Å². The predicted octanol–water partition coefficient (Wildman–Crippen LogP) is 8.62. The number of fused-ring (bicyclic) bond motifs is 1. The summed E-state index contributed by atoms with van der Waals surface area (Å²) >= 11 is 0. The highest BCUT2D eigenvalue weighted by Crippen LogP contribution is 2.27. The highest BCUT2D eigenvalue weighted by Gasteiger charge is 2.08. The van der Waals surface area contributed by atoms with E-state index >= 15 is 0 Å². The van der Waals surface area contributed by atoms with Crippen LogP contribution in [0, 0.1) is 6.92 Å². The maximum absolute atomic E-state index is 4.85. The second-order valence-electron chi connectivity index (χ2n) is 9.40. The fourth-order valence-corrected chi connectivity index (χ4v) is 4.75. The summed E-state index contributed by atoms with van der Waals surface area (Å²) in [7, 11) is 0. The van der Waals surface area contributed by atoms with E-state index in [0.29, 0.717) is 0 Å². The molecule has 0 saturated carbocycles. The van der Waals surface area contributed by atoms with Gasteiger partial charge in [-0.15, -0.1) is 0 Å². The van der Waals surface area contributed by atoms with Crippen molar-refractivity contribution < 1.29 is 0 Å². The monoisotopic (exact) mass is 456 g/mol. The first kappa shape index (κ1) is 23.0. The lowest BCUT2D eigenvalue weighted by Crippen LogP contribution is -1.93. The third kappa shape index (κ3) is 6.02. The number of aryl methyl sites for hydroxylation is 3. The molecule has 5 rings (SSSR count). The van der Waals surface area contributed by atoms with Gasteiger partial charge in [0.1, 0.15) is 0 Å². The molecule has 0 fully saturated rings. The Morgan fingerprint density at radius 1 is 0.543 bits per heavy atom. The van der Waals surface area contributed by atoms with Crippen LogP contribution in [0.25, 0.3) is 33.3 Å². The number of rotatable bonds is 9. The van der Waals surface area contributed by atoms with Gasteiger partial charge in [0, 0.05) is 28.4 Å². The number of nitrogens with zero attached hydrogens (tertiary/aromatic N) is 2. The van der Waals surface area contributed by atoms with E-state index in [1.54, 1.807) is 0 Å². The first-order chi connectivity index (χ1) is 17.2. The van der Waals surface area contributed by atoms with Crippen LogP contribution in [0.3, 0.4) is 0 Å². The van der Waals surface area contributed by atoms with Gasteiger partial charge in [-0.25, -0.2) is 0 Å². The van der Waals surface area contributed by atoms with Gasteiger partial charge in [0.25, 0.3) is 0 Å². The van der Waals surface area contributed by atoms with Crippen LogP contribution in [0.5, 0.6) is 0 Å². The van der Waals surface area contributed by atoms with Gasteiger partial charge >= 0.3 is 0 Å². The maximum Gasteiger partial charge on any atom is 0.0712 e. The molecule has 0 aliphatic carbocycles. The van der Waals surface area contributed by atoms with Crippen LogP contribution in [0.1, 0.15) is 42.5 Å². The van der Waals surface area contributed by atoms with Gasteiger partial charge in [-0.05, 0) is 73.4 Å². The quantitative estimate of drug-likeness (QED) is 0.207. The molecule has 0 amide bonds. The molecule has 0 aliphatic rings. The molecule has 0 unspecified atom stereocenters. The zero-order chi connectivity index (χ0) is 23.9. The molecule has 0 spiro atoms. The number of benzene rings is 3. The van der Waals surface area contributed by atoms with Gasteiger partial charge in [-0.3, -0.25) is 9.97 Å². The van der Waals surface area contributed by atoms with Crippen molar-refractivity contribution in [3.05, 3.63) is 120 Å². The molecule has 2 aromatic heterocycles. The fraction of sp³-hybridized carbons (Fsp3) is 0.212. The molecule has 0 atom stereocenters. The molecule has 0 radical (unpaired) electrons. The number of hydrogen-bond donors (Lipinski definition) is 0. The average Bonchev–Trinajstić information content (AvgIpc) is 2.91. The van der Waals surface area contributed by atoms with Crippen LogP contribution >= 0.6 is 0 Å². The first-order valence-electron chi connectivity index (χ1n) is 12.7. The molecule has 5 aromatic rings. The van der Waals surface area contributed by atoms with Crippen LogP contribution in [0.4, 0.5) is 0 Å². The van der Waals surface area contributed by atoms with Gasteiger partial charge in [-0.2, -0.15) is 0 Å². The Morgan fingerprint density at radius 2 is 1.26 bits per heavy atom. The van der Waals surface area contributed by atoms with E-state index in [4.69, 9.17) is 9.97 Å². The second-order valence-corrected chi connectivity index (χ2v) is 9.40. The Balaban J connectivity index is 1.24. The summed E-state index contributed by atoms with van der Waals surface area (Å²) in [5.41, 5.74) is 8.14. The molecule has 0 N–H and O–H groups in total. The summed E-state index contributed by atoms with van der Waals surface area (Å²) in [4.78, 5) is 9.58. The lowest BCUT2D eigenvalue weighted by Gasteiger charge is -2.10. The van der Waals surface area contributed by atoms with Crippen LogP contribution in [0.2, 0.25) is 0 Å². The van der Waals surface area contributed by atoms with E-state index in [0.717, 1.165) is 34.5 Å². The van der Waals surface area contributed by atoms with Gasteiger partial charge in [0.05, 0.1) is 11.4 Å². The number of hydrogen-bond acceptors (Lipinski definition) is 2. The van der Waals surface area contributed by atoms with Gasteiger partial charge < -0.3 is 0 Å². The number of unbranched alkanes of at least 4 members (excludes halogenated alkanes) is 3. The van der Waals surface area contributed by atoms with Crippen LogP contribution in [0.15, 0.2) is 103 Å². The number of aromatic nitrogens is 2. The van der Waals surface area contributed by atoms with Crippen molar-refractivity contribution in [1.29, 1.82) is 0 Å². The number of pyridine rings is 2. The molecule has 2 heterocycles. The van der Waals surface area contributed by atoms with E-state index in [9.17, 15) is 0 Å². The van der Waals surface area contributed by atoms with Crippen molar-refractivity contribution >= 4 is 10.8 Å². The average molecular weight is 457 g/mol. The molecule has 3 aromatic carbocycles. The van der Waals surface area contributed by atoms with E-state index in [1.165, 1.54) is 54.2 Å². The summed E-state index contributed by atoms with van der Waals surface area (Å²) in [5, 5.41) is 2.37. The van der Waals surface area contributed by atoms with Crippen LogP contribution in [-0.2, 0) is 12.8 Å². The minimum atomic E-state index is 0.988. The Kier molecular flexibility index (Phi) is 7.29. The van der Waals surface area contributed by atoms with Gasteiger partial charge in [0.2, 0.25) is 0 Å². The summed E-state index contributed by atoms with van der Waals surface area (Å²) in [6.07, 6.45) is 9.32. The SMILES string of the molecule is Cc1cc(-c2cc3ccccc3cn2)cc(-c2cccc(CCCCCCc3ccccc3)c2)n1. The molecular weight excluding hydrogens is 424 g/mol. The lowest BCUT2D eigenvalue weighted by molar-refractivity contribution is 0.640. The normalized spacial score (nSPS) is 11.1. The Bertz CT molecular complexity index is 1410. The highest BCUT2D eigenvalue weighted by atomic mass is 14.7. The van der Waals surface area contributed by atoms with Crippen molar-refractivity contribution in [1.82, 2.24) is 9.97 Å². The van der Waals surface area contributed by atoms with Crippen molar-refractivity contribution in [3.8, 4) is 22.5 Å². The van der Waals surface area contributed by atoms with Gasteiger partial charge in [-0.1, -0.05) is 85.6 Å². The molecule has 174 valence electrons. The van der Waals surface area contributed by atoms with Crippen molar-refractivity contribution in [2.45, 2.75) is 45.4 Å². The Labute approximate surface area is 208 Å². The molecule has 0 bridgehead atoms. The van der Waals surface area contributed by atoms with Crippen LogP contribution in [-0.4, -0.2) is 9.97 Å². The molecule has 0 saturated heterocycles. The van der Waals surface area contributed by atoms with E-state index in [-0.39, 0.29) is 0 Å². The zero-order valence-corrected chi connectivity index (χ0v) is 20.5. The molecular formula is C33H32N2. The van der Waals surface area contributed by atoms with E-state index in [1.807, 2.05) is 6.20 Å². The summed E-state index contributed by atoms with van der Waals surface area (Å²) < 4.78 is 0. The summed E-state index contributed by atoms with van der Waals surface area (Å²) in [6.45, 7) is 2.06. The topological polar surface area (TPSA) is 25.8 Å². The molecule has 0 aliphatic heterocycles. The minimum absolute atomic E-state index is 0.988. The van der Waals surface area contributed by atoms with Crippen LogP contribution < -0.4 is 0 Å². The fourth-order valence-electron chi connectivity index (χ4n) is 4.75.